The van der Waals surface area contributed by atoms with Gasteiger partial charge in [-0.15, -0.1) is 0 Å². The van der Waals surface area contributed by atoms with Crippen molar-refractivity contribution < 1.29 is 5.11 Å². The van der Waals surface area contributed by atoms with Crippen LogP contribution in [0.4, 0.5) is 0 Å². The van der Waals surface area contributed by atoms with Crippen molar-refractivity contribution in [3.8, 4) is 11.8 Å². The fraction of sp³-hybridized carbons (Fsp3) is 0.882. The molecule has 2 nitrogen and oxygen atoms in total. The minimum atomic E-state index is -0.420. The van der Waals surface area contributed by atoms with Gasteiger partial charge >= 0.3 is 0 Å². The smallest absolute Gasteiger partial charge is 0.0671 e. The minimum absolute atomic E-state index is 0.374. The van der Waals surface area contributed by atoms with Crippen LogP contribution in [0.3, 0.4) is 0 Å². The van der Waals surface area contributed by atoms with E-state index in [2.05, 4.69) is 31.0 Å². The van der Waals surface area contributed by atoms with Gasteiger partial charge in [-0.3, -0.25) is 0 Å². The summed E-state index contributed by atoms with van der Waals surface area (Å²) in [6.07, 6.45) is 6.67. The lowest BCUT2D eigenvalue weighted by Crippen LogP contribution is -2.59. The van der Waals surface area contributed by atoms with Crippen LogP contribution in [0.25, 0.3) is 0 Å². The van der Waals surface area contributed by atoms with Gasteiger partial charge in [-0.05, 0) is 49.9 Å². The number of rotatable bonds is 1. The van der Waals surface area contributed by atoms with Crippen molar-refractivity contribution in [1.82, 2.24) is 5.32 Å². The van der Waals surface area contributed by atoms with Crippen LogP contribution >= 0.6 is 0 Å². The maximum atomic E-state index is 10.5. The van der Waals surface area contributed by atoms with Crippen LogP contribution < -0.4 is 5.32 Å². The van der Waals surface area contributed by atoms with Crippen molar-refractivity contribution in [3.63, 3.8) is 0 Å². The molecule has 1 saturated heterocycles. The molecule has 0 aromatic carbocycles. The zero-order valence-electron chi connectivity index (χ0n) is 12.3. The SMILES string of the molecule is CC(C)C1(O)CCC(C#CC2CC3(CNC3)C2)CC1. The summed E-state index contributed by atoms with van der Waals surface area (Å²) in [5, 5.41) is 13.8. The molecule has 0 atom stereocenters. The highest BCUT2D eigenvalue weighted by atomic mass is 16.3. The van der Waals surface area contributed by atoms with Gasteiger partial charge < -0.3 is 10.4 Å². The first-order valence-corrected chi connectivity index (χ1v) is 7.96. The van der Waals surface area contributed by atoms with Gasteiger partial charge in [0.25, 0.3) is 0 Å². The molecule has 3 fully saturated rings. The molecule has 1 heterocycles. The van der Waals surface area contributed by atoms with Crippen LogP contribution in [0.5, 0.6) is 0 Å². The first-order valence-electron chi connectivity index (χ1n) is 7.96. The highest BCUT2D eigenvalue weighted by Crippen LogP contribution is 2.48. The Morgan fingerprint density at radius 1 is 1.05 bits per heavy atom. The second-order valence-corrected chi connectivity index (χ2v) is 7.53. The van der Waals surface area contributed by atoms with E-state index in [9.17, 15) is 5.11 Å². The number of nitrogens with one attached hydrogen (secondary N) is 1. The Balaban J connectivity index is 1.46. The predicted molar refractivity (Wildman–Crippen MR) is 77.5 cm³/mol. The third kappa shape index (κ3) is 2.56. The van der Waals surface area contributed by atoms with Gasteiger partial charge in [0.2, 0.25) is 0 Å². The van der Waals surface area contributed by atoms with Gasteiger partial charge in [0.05, 0.1) is 5.60 Å². The lowest BCUT2D eigenvalue weighted by Gasteiger charge is -2.53. The van der Waals surface area contributed by atoms with E-state index in [0.717, 1.165) is 25.7 Å². The number of aliphatic hydroxyl groups is 1. The molecule has 0 unspecified atom stereocenters. The Morgan fingerprint density at radius 3 is 2.11 bits per heavy atom. The molecule has 0 aromatic heterocycles. The summed E-state index contributed by atoms with van der Waals surface area (Å²) in [6, 6.07) is 0. The molecule has 2 saturated carbocycles. The van der Waals surface area contributed by atoms with E-state index in [-0.39, 0.29) is 0 Å². The van der Waals surface area contributed by atoms with Gasteiger partial charge in [0.1, 0.15) is 0 Å². The molecule has 19 heavy (non-hydrogen) atoms. The van der Waals surface area contributed by atoms with Gasteiger partial charge in [-0.25, -0.2) is 0 Å². The van der Waals surface area contributed by atoms with Crippen LogP contribution in [0.1, 0.15) is 52.4 Å². The van der Waals surface area contributed by atoms with E-state index in [4.69, 9.17) is 0 Å². The summed E-state index contributed by atoms with van der Waals surface area (Å²) in [5.74, 6) is 8.59. The Bertz CT molecular complexity index is 383. The van der Waals surface area contributed by atoms with Crippen LogP contribution in [0.2, 0.25) is 0 Å². The zero-order chi connectivity index (χ0) is 13.5. The number of hydrogen-bond donors (Lipinski definition) is 2. The van der Waals surface area contributed by atoms with E-state index in [1.807, 2.05) is 0 Å². The average molecular weight is 261 g/mol. The Labute approximate surface area is 117 Å². The quantitative estimate of drug-likeness (QED) is 0.711. The molecule has 0 radical (unpaired) electrons. The van der Waals surface area contributed by atoms with Crippen molar-refractivity contribution >= 4 is 0 Å². The van der Waals surface area contributed by atoms with Gasteiger partial charge in [0.15, 0.2) is 0 Å². The molecule has 106 valence electrons. The molecule has 0 bridgehead atoms. The van der Waals surface area contributed by atoms with Crippen LogP contribution in [0, 0.1) is 35.0 Å². The summed E-state index contributed by atoms with van der Waals surface area (Å²) in [4.78, 5) is 0. The largest absolute Gasteiger partial charge is 0.390 e. The van der Waals surface area contributed by atoms with Crippen LogP contribution in [-0.2, 0) is 0 Å². The molecule has 0 aromatic rings. The van der Waals surface area contributed by atoms with Crippen LogP contribution in [0.15, 0.2) is 0 Å². The molecule has 1 aliphatic heterocycles. The summed E-state index contributed by atoms with van der Waals surface area (Å²) in [6.45, 7) is 6.70. The highest BCUT2D eigenvalue weighted by Gasteiger charge is 2.47. The molecule has 2 heteroatoms. The standard InChI is InChI=1S/C17H27NO/c1-13(2)17(19)7-5-14(6-8-17)3-4-15-9-16(10-15)11-18-12-16/h13-15,18-19H,5-12H2,1-2H3. The monoisotopic (exact) mass is 261 g/mol. The third-order valence-electron chi connectivity index (χ3n) is 5.78. The second kappa shape index (κ2) is 4.79. The van der Waals surface area contributed by atoms with E-state index in [1.165, 1.54) is 25.9 Å². The predicted octanol–water partition coefficient (Wildman–Crippen LogP) is 2.57. The zero-order valence-corrected chi connectivity index (χ0v) is 12.3. The van der Waals surface area contributed by atoms with Crippen molar-refractivity contribution in [2.45, 2.75) is 58.0 Å². The Kier molecular flexibility index (Phi) is 3.39. The lowest BCUT2D eigenvalue weighted by atomic mass is 9.59. The van der Waals surface area contributed by atoms with Crippen molar-refractivity contribution in [2.75, 3.05) is 13.1 Å². The minimum Gasteiger partial charge on any atom is -0.390 e. The van der Waals surface area contributed by atoms with Gasteiger partial charge in [-0.1, -0.05) is 25.7 Å². The molecular formula is C17H27NO. The fourth-order valence-electron chi connectivity index (χ4n) is 3.93. The van der Waals surface area contributed by atoms with E-state index >= 15 is 0 Å². The number of hydrogen-bond acceptors (Lipinski definition) is 2. The second-order valence-electron chi connectivity index (χ2n) is 7.53. The highest BCUT2D eigenvalue weighted by molar-refractivity contribution is 5.17. The van der Waals surface area contributed by atoms with E-state index < -0.39 is 5.60 Å². The van der Waals surface area contributed by atoms with Gasteiger partial charge in [0, 0.05) is 24.9 Å². The maximum absolute atomic E-state index is 10.5. The fourth-order valence-corrected chi connectivity index (χ4v) is 3.93. The van der Waals surface area contributed by atoms with E-state index in [0.29, 0.717) is 23.2 Å². The summed E-state index contributed by atoms with van der Waals surface area (Å²) in [7, 11) is 0. The topological polar surface area (TPSA) is 32.3 Å². The lowest BCUT2D eigenvalue weighted by molar-refractivity contribution is -0.0428. The molecule has 2 aliphatic carbocycles. The van der Waals surface area contributed by atoms with Gasteiger partial charge in [-0.2, -0.15) is 0 Å². The molecule has 0 amide bonds. The van der Waals surface area contributed by atoms with Crippen molar-refractivity contribution in [1.29, 1.82) is 0 Å². The van der Waals surface area contributed by atoms with Crippen molar-refractivity contribution in [2.24, 2.45) is 23.2 Å². The summed E-state index contributed by atoms with van der Waals surface area (Å²) >= 11 is 0. The van der Waals surface area contributed by atoms with Crippen LogP contribution in [-0.4, -0.2) is 23.8 Å². The summed E-state index contributed by atoms with van der Waals surface area (Å²) in [5.41, 5.74) is 0.222. The average Bonchev–Trinajstić information content (AvgIpc) is 2.27. The van der Waals surface area contributed by atoms with Crippen molar-refractivity contribution in [3.05, 3.63) is 0 Å². The molecule has 3 aliphatic rings. The third-order valence-corrected chi connectivity index (χ3v) is 5.78. The molecule has 2 N–H and O–H groups in total. The summed E-state index contributed by atoms with van der Waals surface area (Å²) < 4.78 is 0. The normalized spacial score (nSPS) is 37.4. The first-order chi connectivity index (χ1) is 9.01. The van der Waals surface area contributed by atoms with E-state index in [1.54, 1.807) is 0 Å². The first kappa shape index (κ1) is 13.5. The molecule has 3 rings (SSSR count). The Morgan fingerprint density at radius 2 is 1.63 bits per heavy atom. The maximum Gasteiger partial charge on any atom is 0.0671 e. The molecular weight excluding hydrogens is 234 g/mol. The Hall–Kier alpha value is -0.520. The molecule has 1 spiro atoms.